The zero-order chi connectivity index (χ0) is 20.0. The molecule has 1 aromatic rings. The second-order valence-electron chi connectivity index (χ2n) is 8.92. The van der Waals surface area contributed by atoms with Crippen molar-refractivity contribution in [2.75, 3.05) is 0 Å². The highest BCUT2D eigenvalue weighted by atomic mass is 32.2. The SMILES string of the molecule is Cc1ccc(S(=O)(=O)O[C@H]2C[C@@]3(C)CC(=O)O[C@@H]2C[C@@H]3OC(C)(C)C)cc1. The molecule has 3 fully saturated rings. The summed E-state index contributed by atoms with van der Waals surface area (Å²) in [6.45, 7) is 9.73. The summed E-state index contributed by atoms with van der Waals surface area (Å²) in [6.07, 6.45) is -0.554. The first-order valence-corrected chi connectivity index (χ1v) is 10.7. The Morgan fingerprint density at radius 2 is 1.81 bits per heavy atom. The van der Waals surface area contributed by atoms with Gasteiger partial charge in [0.15, 0.2) is 0 Å². The summed E-state index contributed by atoms with van der Waals surface area (Å²) in [4.78, 5) is 12.3. The van der Waals surface area contributed by atoms with Gasteiger partial charge in [0.05, 0.1) is 23.0 Å². The zero-order valence-corrected chi connectivity index (χ0v) is 17.3. The Balaban J connectivity index is 1.84. The summed E-state index contributed by atoms with van der Waals surface area (Å²) in [7, 11) is -3.94. The Bertz CT molecular complexity index is 808. The molecule has 2 bridgehead atoms. The number of fused-ring (bicyclic) bond motifs is 4. The number of rotatable bonds is 4. The summed E-state index contributed by atoms with van der Waals surface area (Å²) in [5.41, 5.74) is 0.0576. The van der Waals surface area contributed by atoms with E-state index in [4.69, 9.17) is 13.7 Å². The molecule has 0 unspecified atom stereocenters. The molecule has 0 N–H and O–H groups in total. The Labute approximate surface area is 161 Å². The molecule has 1 aliphatic carbocycles. The fourth-order valence-electron chi connectivity index (χ4n) is 3.86. The monoisotopic (exact) mass is 396 g/mol. The van der Waals surface area contributed by atoms with Gasteiger partial charge in [-0.15, -0.1) is 0 Å². The standard InChI is InChI=1S/C20H28O6S/c1-13-6-8-14(9-7-13)27(22,23)26-16-11-20(5)12-18(21)24-15(16)10-17(20)25-19(2,3)4/h6-9,15-17H,10-12H2,1-5H3/t15-,16+,17+,20+/m1/s1. The van der Waals surface area contributed by atoms with E-state index in [9.17, 15) is 13.2 Å². The highest BCUT2D eigenvalue weighted by Gasteiger charge is 2.53. The third kappa shape index (κ3) is 4.52. The van der Waals surface area contributed by atoms with Crippen LogP contribution in [0, 0.1) is 12.3 Å². The fraction of sp³-hybridized carbons (Fsp3) is 0.650. The largest absolute Gasteiger partial charge is 0.459 e. The molecule has 0 spiro atoms. The van der Waals surface area contributed by atoms with Gasteiger partial charge in [-0.1, -0.05) is 24.6 Å². The van der Waals surface area contributed by atoms with Crippen LogP contribution in [0.25, 0.3) is 0 Å². The van der Waals surface area contributed by atoms with Crippen molar-refractivity contribution in [2.24, 2.45) is 5.41 Å². The van der Waals surface area contributed by atoms with Gasteiger partial charge in [-0.3, -0.25) is 8.98 Å². The Kier molecular flexibility index (Phi) is 5.16. The molecule has 7 heteroatoms. The van der Waals surface area contributed by atoms with E-state index in [-0.39, 0.29) is 29.0 Å². The summed E-state index contributed by atoms with van der Waals surface area (Å²) >= 11 is 0. The van der Waals surface area contributed by atoms with Gasteiger partial charge < -0.3 is 9.47 Å². The molecule has 0 radical (unpaired) electrons. The minimum atomic E-state index is -3.94. The van der Waals surface area contributed by atoms with Crippen molar-refractivity contribution < 1.29 is 26.9 Å². The predicted molar refractivity (Wildman–Crippen MR) is 99.7 cm³/mol. The molecule has 2 heterocycles. The van der Waals surface area contributed by atoms with Crippen molar-refractivity contribution in [2.45, 2.75) is 82.7 Å². The van der Waals surface area contributed by atoms with Crippen LogP contribution in [-0.2, 0) is 28.6 Å². The van der Waals surface area contributed by atoms with E-state index >= 15 is 0 Å². The summed E-state index contributed by atoms with van der Waals surface area (Å²) in [5.74, 6) is -0.332. The highest BCUT2D eigenvalue weighted by molar-refractivity contribution is 7.86. The molecule has 1 saturated carbocycles. The van der Waals surface area contributed by atoms with E-state index in [1.807, 2.05) is 34.6 Å². The van der Waals surface area contributed by atoms with Crippen molar-refractivity contribution in [1.29, 1.82) is 0 Å². The summed E-state index contributed by atoms with van der Waals surface area (Å²) in [6, 6.07) is 6.51. The van der Waals surface area contributed by atoms with Crippen LogP contribution in [0.3, 0.4) is 0 Å². The van der Waals surface area contributed by atoms with Gasteiger partial charge in [0.2, 0.25) is 0 Å². The average Bonchev–Trinajstić information content (AvgIpc) is 2.69. The topological polar surface area (TPSA) is 78.9 Å². The maximum Gasteiger partial charge on any atom is 0.306 e. The van der Waals surface area contributed by atoms with Gasteiger partial charge in [-0.2, -0.15) is 8.42 Å². The van der Waals surface area contributed by atoms with E-state index in [2.05, 4.69) is 0 Å². The second kappa shape index (κ2) is 6.87. The smallest absolute Gasteiger partial charge is 0.306 e. The summed E-state index contributed by atoms with van der Waals surface area (Å²) < 4.78 is 42.7. The molecule has 4 atom stereocenters. The van der Waals surface area contributed by atoms with Gasteiger partial charge in [-0.05, 0) is 46.2 Å². The van der Waals surface area contributed by atoms with Gasteiger partial charge in [0.25, 0.3) is 10.1 Å². The number of carbonyl (C=O) groups excluding carboxylic acids is 1. The predicted octanol–water partition coefficient (Wildman–Crippen LogP) is 3.37. The van der Waals surface area contributed by atoms with Crippen LogP contribution < -0.4 is 0 Å². The normalized spacial score (nSPS) is 31.4. The molecular weight excluding hydrogens is 368 g/mol. The number of benzene rings is 1. The molecule has 4 rings (SSSR count). The molecule has 27 heavy (non-hydrogen) atoms. The van der Waals surface area contributed by atoms with Crippen LogP contribution in [0.4, 0.5) is 0 Å². The molecule has 3 aliphatic rings. The zero-order valence-electron chi connectivity index (χ0n) is 16.5. The molecule has 1 aromatic carbocycles. The molecular formula is C20H28O6S. The Hall–Kier alpha value is -1.44. The van der Waals surface area contributed by atoms with Crippen LogP contribution in [-0.4, -0.2) is 38.3 Å². The van der Waals surface area contributed by atoms with Crippen LogP contribution >= 0.6 is 0 Å². The van der Waals surface area contributed by atoms with Crippen molar-refractivity contribution >= 4 is 16.1 Å². The molecule has 2 aliphatic heterocycles. The number of ether oxygens (including phenoxy) is 2. The van der Waals surface area contributed by atoms with Crippen LogP contribution in [0.1, 0.15) is 52.5 Å². The van der Waals surface area contributed by atoms with E-state index < -0.39 is 27.7 Å². The van der Waals surface area contributed by atoms with Crippen molar-refractivity contribution in [3.63, 3.8) is 0 Å². The summed E-state index contributed by atoms with van der Waals surface area (Å²) in [5, 5.41) is 0. The number of esters is 1. The average molecular weight is 397 g/mol. The number of aryl methyl sites for hydroxylation is 1. The minimum absolute atomic E-state index is 0.104. The lowest BCUT2D eigenvalue weighted by molar-refractivity contribution is -0.161. The number of carbonyl (C=O) groups is 1. The van der Waals surface area contributed by atoms with Crippen LogP contribution in [0.5, 0.6) is 0 Å². The van der Waals surface area contributed by atoms with Crippen molar-refractivity contribution in [3.05, 3.63) is 29.8 Å². The fourth-order valence-corrected chi connectivity index (χ4v) is 4.95. The third-order valence-corrected chi connectivity index (χ3v) is 6.54. The maximum atomic E-state index is 12.7. The van der Waals surface area contributed by atoms with E-state index in [1.54, 1.807) is 12.1 Å². The maximum absolute atomic E-state index is 12.7. The van der Waals surface area contributed by atoms with Gasteiger partial charge >= 0.3 is 5.97 Å². The number of hydrogen-bond acceptors (Lipinski definition) is 6. The Morgan fingerprint density at radius 3 is 2.41 bits per heavy atom. The van der Waals surface area contributed by atoms with E-state index in [0.29, 0.717) is 12.8 Å². The molecule has 0 amide bonds. The molecule has 6 nitrogen and oxygen atoms in total. The highest BCUT2D eigenvalue weighted by Crippen LogP contribution is 2.47. The number of hydrogen-bond donors (Lipinski definition) is 0. The lowest BCUT2D eigenvalue weighted by atomic mass is 9.70. The van der Waals surface area contributed by atoms with E-state index in [1.165, 1.54) is 12.1 Å². The van der Waals surface area contributed by atoms with Crippen molar-refractivity contribution in [1.82, 2.24) is 0 Å². The quantitative estimate of drug-likeness (QED) is 0.573. The van der Waals surface area contributed by atoms with E-state index in [0.717, 1.165) is 5.56 Å². The first kappa shape index (κ1) is 20.3. The first-order valence-electron chi connectivity index (χ1n) is 9.25. The third-order valence-electron chi connectivity index (χ3n) is 5.19. The molecule has 150 valence electrons. The minimum Gasteiger partial charge on any atom is -0.459 e. The van der Waals surface area contributed by atoms with Crippen molar-refractivity contribution in [3.8, 4) is 0 Å². The van der Waals surface area contributed by atoms with Crippen LogP contribution in [0.15, 0.2) is 29.2 Å². The molecule has 0 aromatic heterocycles. The lowest BCUT2D eigenvalue weighted by Gasteiger charge is -2.45. The lowest BCUT2D eigenvalue weighted by Crippen LogP contribution is -2.50. The molecule has 2 saturated heterocycles. The Morgan fingerprint density at radius 1 is 1.19 bits per heavy atom. The van der Waals surface area contributed by atoms with Gasteiger partial charge in [-0.25, -0.2) is 0 Å². The van der Waals surface area contributed by atoms with Crippen LogP contribution in [0.2, 0.25) is 0 Å². The van der Waals surface area contributed by atoms with Gasteiger partial charge in [0, 0.05) is 11.8 Å². The first-order chi connectivity index (χ1) is 12.4. The second-order valence-corrected chi connectivity index (χ2v) is 10.5. The van der Waals surface area contributed by atoms with Gasteiger partial charge in [0.1, 0.15) is 12.2 Å².